The molecule has 2 unspecified atom stereocenters. The van der Waals surface area contributed by atoms with Crippen molar-refractivity contribution < 1.29 is 18.3 Å². The van der Waals surface area contributed by atoms with Crippen molar-refractivity contribution in [2.75, 3.05) is 0 Å². The molecule has 1 heterocycles. The van der Waals surface area contributed by atoms with Crippen molar-refractivity contribution in [1.29, 1.82) is 0 Å². The zero-order valence-corrected chi connectivity index (χ0v) is 11.9. The number of rotatable bonds is 6. The Morgan fingerprint density at radius 1 is 1.42 bits per heavy atom. The summed E-state index contributed by atoms with van der Waals surface area (Å²) in [6, 6.07) is 2.20. The predicted molar refractivity (Wildman–Crippen MR) is 70.4 cm³/mol. The molecule has 1 aromatic rings. The van der Waals surface area contributed by atoms with Crippen molar-refractivity contribution in [1.82, 2.24) is 9.71 Å². The summed E-state index contributed by atoms with van der Waals surface area (Å²) in [6.45, 7) is 5.72. The van der Waals surface area contributed by atoms with Gasteiger partial charge in [-0.15, -0.1) is 0 Å². The van der Waals surface area contributed by atoms with Gasteiger partial charge in [0.15, 0.2) is 5.03 Å². The van der Waals surface area contributed by atoms with Crippen LogP contribution in [0.25, 0.3) is 0 Å². The fraction of sp³-hybridized carbons (Fsp3) is 0.500. The topological polar surface area (TPSA) is 96.4 Å². The molecule has 0 saturated carbocycles. The second kappa shape index (κ2) is 6.12. The predicted octanol–water partition coefficient (Wildman–Crippen LogP) is 1.49. The summed E-state index contributed by atoms with van der Waals surface area (Å²) in [6.07, 6.45) is 1.89. The molecule has 2 N–H and O–H groups in total. The van der Waals surface area contributed by atoms with Crippen LogP contribution >= 0.6 is 0 Å². The Labute approximate surface area is 112 Å². The number of nitrogens with zero attached hydrogens (tertiary/aromatic N) is 1. The van der Waals surface area contributed by atoms with Gasteiger partial charge in [-0.2, -0.15) is 0 Å². The van der Waals surface area contributed by atoms with E-state index >= 15 is 0 Å². The normalized spacial score (nSPS) is 14.9. The largest absolute Gasteiger partial charge is 0.478 e. The molecule has 2 atom stereocenters. The maximum absolute atomic E-state index is 12.0. The average molecular weight is 286 g/mol. The lowest BCUT2D eigenvalue weighted by Crippen LogP contribution is -2.37. The number of nitrogens with one attached hydrogen (secondary N) is 1. The Morgan fingerprint density at radius 3 is 2.47 bits per heavy atom. The van der Waals surface area contributed by atoms with E-state index in [1.807, 2.05) is 13.8 Å². The number of carbonyl (C=O) groups is 1. The van der Waals surface area contributed by atoms with E-state index in [1.54, 1.807) is 6.92 Å². The number of aromatic nitrogens is 1. The van der Waals surface area contributed by atoms with E-state index in [0.29, 0.717) is 0 Å². The lowest BCUT2D eigenvalue weighted by Gasteiger charge is -2.19. The molecule has 0 aromatic carbocycles. The number of carboxylic acids is 1. The van der Waals surface area contributed by atoms with Crippen LogP contribution in [0.4, 0.5) is 0 Å². The average Bonchev–Trinajstić information content (AvgIpc) is 2.37. The molecule has 7 heteroatoms. The minimum Gasteiger partial charge on any atom is -0.478 e. The van der Waals surface area contributed by atoms with Gasteiger partial charge in [-0.05, 0) is 25.0 Å². The van der Waals surface area contributed by atoms with E-state index in [0.717, 1.165) is 12.6 Å². The first-order valence-corrected chi connectivity index (χ1v) is 7.48. The van der Waals surface area contributed by atoms with Gasteiger partial charge in [0.05, 0.1) is 5.56 Å². The van der Waals surface area contributed by atoms with Crippen LogP contribution in [0, 0.1) is 5.92 Å². The Morgan fingerprint density at radius 2 is 2.05 bits per heavy atom. The van der Waals surface area contributed by atoms with E-state index in [2.05, 4.69) is 9.71 Å². The maximum atomic E-state index is 12.0. The molecule has 6 nitrogen and oxygen atoms in total. The molecule has 0 aliphatic heterocycles. The van der Waals surface area contributed by atoms with Crippen LogP contribution < -0.4 is 4.72 Å². The molecule has 1 rings (SSSR count). The zero-order chi connectivity index (χ0) is 14.6. The molecule has 0 aliphatic carbocycles. The lowest BCUT2D eigenvalue weighted by atomic mass is 10.0. The van der Waals surface area contributed by atoms with Gasteiger partial charge in [-0.25, -0.2) is 22.9 Å². The summed E-state index contributed by atoms with van der Waals surface area (Å²) in [4.78, 5) is 14.3. The number of sulfonamides is 1. The first kappa shape index (κ1) is 15.6. The third kappa shape index (κ3) is 4.00. The third-order valence-electron chi connectivity index (χ3n) is 3.10. The van der Waals surface area contributed by atoms with Crippen LogP contribution in [-0.2, 0) is 10.0 Å². The number of hydrogen-bond donors (Lipinski definition) is 2. The van der Waals surface area contributed by atoms with Crippen molar-refractivity contribution in [2.45, 2.75) is 38.3 Å². The van der Waals surface area contributed by atoms with Crippen LogP contribution in [0.2, 0.25) is 0 Å². The monoisotopic (exact) mass is 286 g/mol. The van der Waals surface area contributed by atoms with Crippen LogP contribution in [0.15, 0.2) is 23.4 Å². The first-order valence-electron chi connectivity index (χ1n) is 5.99. The van der Waals surface area contributed by atoms with Crippen molar-refractivity contribution in [3.05, 3.63) is 23.9 Å². The quantitative estimate of drug-likeness (QED) is 0.826. The highest BCUT2D eigenvalue weighted by Gasteiger charge is 2.21. The van der Waals surface area contributed by atoms with Crippen molar-refractivity contribution in [3.8, 4) is 0 Å². The molecule has 0 radical (unpaired) electrons. The molecule has 0 spiro atoms. The minimum absolute atomic E-state index is 0.0473. The Hall–Kier alpha value is -1.47. The Balaban J connectivity index is 2.91. The standard InChI is InChI=1S/C12H18N2O4S/c1-4-8(2)9(3)14-19(17,18)11-6-5-10(7-13-11)12(15)16/h5-9,14H,4H2,1-3H3,(H,15,16). The SMILES string of the molecule is CCC(C)C(C)NS(=O)(=O)c1ccc(C(=O)O)cn1. The number of aromatic carboxylic acids is 1. The third-order valence-corrected chi connectivity index (χ3v) is 4.57. The van der Waals surface area contributed by atoms with Gasteiger partial charge in [-0.3, -0.25) is 0 Å². The van der Waals surface area contributed by atoms with Crippen LogP contribution in [0.3, 0.4) is 0 Å². The summed E-state index contributed by atoms with van der Waals surface area (Å²) in [5.41, 5.74) is -0.0473. The summed E-state index contributed by atoms with van der Waals surface area (Å²) in [7, 11) is -3.71. The number of pyridine rings is 1. The molecule has 0 saturated heterocycles. The molecule has 0 fully saturated rings. The summed E-state index contributed by atoms with van der Waals surface area (Å²) < 4.78 is 26.6. The summed E-state index contributed by atoms with van der Waals surface area (Å²) in [5, 5.41) is 8.55. The molecule has 106 valence electrons. The van der Waals surface area contributed by atoms with Crippen molar-refractivity contribution in [3.63, 3.8) is 0 Å². The fourth-order valence-electron chi connectivity index (χ4n) is 1.44. The maximum Gasteiger partial charge on any atom is 0.337 e. The zero-order valence-electron chi connectivity index (χ0n) is 11.1. The van der Waals surface area contributed by atoms with E-state index in [4.69, 9.17) is 5.11 Å². The van der Waals surface area contributed by atoms with Gasteiger partial charge in [0.1, 0.15) is 0 Å². The van der Waals surface area contributed by atoms with Gasteiger partial charge < -0.3 is 5.11 Å². The van der Waals surface area contributed by atoms with Crippen LogP contribution in [-0.4, -0.2) is 30.5 Å². The van der Waals surface area contributed by atoms with E-state index < -0.39 is 16.0 Å². The van der Waals surface area contributed by atoms with Crippen LogP contribution in [0.1, 0.15) is 37.6 Å². The van der Waals surface area contributed by atoms with E-state index in [-0.39, 0.29) is 22.5 Å². The highest BCUT2D eigenvalue weighted by atomic mass is 32.2. The minimum atomic E-state index is -3.71. The van der Waals surface area contributed by atoms with Crippen molar-refractivity contribution >= 4 is 16.0 Å². The first-order chi connectivity index (χ1) is 8.77. The van der Waals surface area contributed by atoms with Gasteiger partial charge in [-0.1, -0.05) is 20.3 Å². The molecular formula is C12H18N2O4S. The Kier molecular flexibility index (Phi) is 5.02. The smallest absolute Gasteiger partial charge is 0.337 e. The summed E-state index contributed by atoms with van der Waals surface area (Å²) >= 11 is 0. The molecular weight excluding hydrogens is 268 g/mol. The number of hydrogen-bond acceptors (Lipinski definition) is 4. The highest BCUT2D eigenvalue weighted by Crippen LogP contribution is 2.12. The molecule has 0 amide bonds. The van der Waals surface area contributed by atoms with Crippen LogP contribution in [0.5, 0.6) is 0 Å². The molecule has 1 aromatic heterocycles. The summed E-state index contributed by atoms with van der Waals surface area (Å²) in [5.74, 6) is -0.939. The molecule has 0 aliphatic rings. The van der Waals surface area contributed by atoms with E-state index in [1.165, 1.54) is 12.1 Å². The van der Waals surface area contributed by atoms with Gasteiger partial charge >= 0.3 is 5.97 Å². The highest BCUT2D eigenvalue weighted by molar-refractivity contribution is 7.89. The molecule has 19 heavy (non-hydrogen) atoms. The van der Waals surface area contributed by atoms with Gasteiger partial charge in [0.2, 0.25) is 0 Å². The lowest BCUT2D eigenvalue weighted by molar-refractivity contribution is 0.0696. The second-order valence-electron chi connectivity index (χ2n) is 4.49. The molecule has 0 bridgehead atoms. The van der Waals surface area contributed by atoms with Gasteiger partial charge in [0, 0.05) is 12.2 Å². The van der Waals surface area contributed by atoms with Crippen molar-refractivity contribution in [2.24, 2.45) is 5.92 Å². The van der Waals surface area contributed by atoms with Gasteiger partial charge in [0.25, 0.3) is 10.0 Å². The Bertz CT molecular complexity index is 539. The van der Waals surface area contributed by atoms with E-state index in [9.17, 15) is 13.2 Å². The second-order valence-corrected chi connectivity index (χ2v) is 6.15. The fourth-order valence-corrected chi connectivity index (χ4v) is 2.72. The number of carboxylic acid groups (broad SMARTS) is 1.